The molecule has 0 radical (unpaired) electrons. The first-order chi connectivity index (χ1) is 8.06. The van der Waals surface area contributed by atoms with Gasteiger partial charge in [-0.15, -0.1) is 0 Å². The smallest absolute Gasteiger partial charge is 0.188 e. The van der Waals surface area contributed by atoms with E-state index in [1.165, 1.54) is 0 Å². The van der Waals surface area contributed by atoms with E-state index in [2.05, 4.69) is 19.1 Å². The Bertz CT molecular complexity index is 448. The number of Topliss-reactive ketones (excluding diaryl/α,β-unsaturated/α-hetero) is 1. The maximum absolute atomic E-state index is 12.3. The van der Waals surface area contributed by atoms with Gasteiger partial charge in [0.1, 0.15) is 0 Å². The molecule has 2 rings (SSSR count). The second kappa shape index (κ2) is 4.87. The zero-order chi connectivity index (χ0) is 12.4. The first kappa shape index (κ1) is 12.1. The Hall–Kier alpha value is -1.37. The van der Waals surface area contributed by atoms with Crippen LogP contribution in [0.3, 0.4) is 0 Å². The van der Waals surface area contributed by atoms with Gasteiger partial charge in [-0.3, -0.25) is 4.79 Å². The summed E-state index contributed by atoms with van der Waals surface area (Å²) in [6, 6.07) is 6.09. The molecular weight excluding hydrogens is 208 g/mol. The Kier molecular flexibility index (Phi) is 3.46. The van der Waals surface area contributed by atoms with Crippen LogP contribution in [0.5, 0.6) is 0 Å². The summed E-state index contributed by atoms with van der Waals surface area (Å²) in [6.07, 6.45) is 5.26. The number of allylic oxidation sites excluding steroid dienone is 2. The molecule has 1 heteroatoms. The monoisotopic (exact) mass is 228 g/mol. The van der Waals surface area contributed by atoms with Crippen molar-refractivity contribution < 1.29 is 4.79 Å². The highest BCUT2D eigenvalue weighted by Gasteiger charge is 2.17. The topological polar surface area (TPSA) is 17.1 Å². The molecule has 1 atom stereocenters. The van der Waals surface area contributed by atoms with Gasteiger partial charge in [0.05, 0.1) is 0 Å². The lowest BCUT2D eigenvalue weighted by Crippen LogP contribution is -2.10. The average molecular weight is 228 g/mol. The van der Waals surface area contributed by atoms with Crippen molar-refractivity contribution in [1.82, 2.24) is 0 Å². The van der Waals surface area contributed by atoms with Gasteiger partial charge >= 0.3 is 0 Å². The van der Waals surface area contributed by atoms with Crippen molar-refractivity contribution in [2.45, 2.75) is 40.0 Å². The average Bonchev–Trinajstić information content (AvgIpc) is 2.28. The summed E-state index contributed by atoms with van der Waals surface area (Å²) >= 11 is 0. The molecule has 1 aliphatic rings. The molecule has 0 aliphatic heterocycles. The predicted octanol–water partition coefficient (Wildman–Crippen LogP) is 4.23. The van der Waals surface area contributed by atoms with E-state index in [1.54, 1.807) is 0 Å². The Morgan fingerprint density at radius 1 is 1.18 bits per heavy atom. The fourth-order valence-electron chi connectivity index (χ4n) is 2.46. The quantitative estimate of drug-likeness (QED) is 0.692. The van der Waals surface area contributed by atoms with Crippen LogP contribution >= 0.6 is 0 Å². The SMILES string of the molecule is Cc1cc(C)cc(C(=O)C2=CCC(C)CC2)c1. The molecule has 1 aromatic rings. The normalized spacial score (nSPS) is 19.9. The second-order valence-electron chi connectivity index (χ2n) is 5.31. The first-order valence-corrected chi connectivity index (χ1v) is 6.38. The van der Waals surface area contributed by atoms with Crippen LogP contribution in [0.1, 0.15) is 47.7 Å². The van der Waals surface area contributed by atoms with Gasteiger partial charge in [-0.25, -0.2) is 0 Å². The van der Waals surface area contributed by atoms with Crippen molar-refractivity contribution in [3.63, 3.8) is 0 Å². The largest absolute Gasteiger partial charge is 0.289 e. The minimum absolute atomic E-state index is 0.226. The van der Waals surface area contributed by atoms with Gasteiger partial charge in [0, 0.05) is 5.56 Å². The van der Waals surface area contributed by atoms with Crippen molar-refractivity contribution in [3.8, 4) is 0 Å². The van der Waals surface area contributed by atoms with Gasteiger partial charge in [-0.05, 0) is 56.7 Å². The van der Waals surface area contributed by atoms with Crippen LogP contribution in [0.2, 0.25) is 0 Å². The lowest BCUT2D eigenvalue weighted by Gasteiger charge is -2.17. The van der Waals surface area contributed by atoms with E-state index in [0.29, 0.717) is 0 Å². The van der Waals surface area contributed by atoms with E-state index >= 15 is 0 Å². The molecule has 0 N–H and O–H groups in total. The van der Waals surface area contributed by atoms with Crippen molar-refractivity contribution in [2.75, 3.05) is 0 Å². The van der Waals surface area contributed by atoms with Crippen molar-refractivity contribution in [3.05, 3.63) is 46.5 Å². The molecule has 17 heavy (non-hydrogen) atoms. The highest BCUT2D eigenvalue weighted by Crippen LogP contribution is 2.25. The highest BCUT2D eigenvalue weighted by molar-refractivity contribution is 6.08. The number of ketones is 1. The number of carbonyl (C=O) groups is 1. The summed E-state index contributed by atoms with van der Waals surface area (Å²) in [5.74, 6) is 0.953. The number of carbonyl (C=O) groups excluding carboxylic acids is 1. The maximum atomic E-state index is 12.3. The molecule has 1 aliphatic carbocycles. The van der Waals surface area contributed by atoms with E-state index in [0.717, 1.165) is 47.4 Å². The van der Waals surface area contributed by atoms with Crippen molar-refractivity contribution >= 4 is 5.78 Å². The van der Waals surface area contributed by atoms with Gasteiger partial charge < -0.3 is 0 Å². The van der Waals surface area contributed by atoms with Crippen molar-refractivity contribution in [1.29, 1.82) is 0 Å². The molecule has 0 saturated carbocycles. The molecule has 0 spiro atoms. The van der Waals surface area contributed by atoms with Crippen LogP contribution in [0.25, 0.3) is 0 Å². The molecule has 0 fully saturated rings. The van der Waals surface area contributed by atoms with Crippen molar-refractivity contribution in [2.24, 2.45) is 5.92 Å². The molecule has 1 aromatic carbocycles. The summed E-state index contributed by atoms with van der Waals surface area (Å²) in [6.45, 7) is 6.33. The molecule has 0 bridgehead atoms. The zero-order valence-electron chi connectivity index (χ0n) is 10.9. The fraction of sp³-hybridized carbons (Fsp3) is 0.438. The molecular formula is C16H20O. The predicted molar refractivity (Wildman–Crippen MR) is 71.3 cm³/mol. The summed E-state index contributed by atoms with van der Waals surface area (Å²) in [5, 5.41) is 0. The van der Waals surface area contributed by atoms with Gasteiger partial charge in [0.2, 0.25) is 0 Å². The highest BCUT2D eigenvalue weighted by atomic mass is 16.1. The molecule has 1 unspecified atom stereocenters. The molecule has 0 aromatic heterocycles. The van der Waals surface area contributed by atoms with E-state index in [4.69, 9.17) is 0 Å². The van der Waals surface area contributed by atoms with Crippen LogP contribution in [0, 0.1) is 19.8 Å². The third kappa shape index (κ3) is 2.85. The summed E-state index contributed by atoms with van der Waals surface area (Å²) in [4.78, 5) is 12.3. The van der Waals surface area contributed by atoms with E-state index in [-0.39, 0.29) is 5.78 Å². The van der Waals surface area contributed by atoms with E-state index < -0.39 is 0 Å². The van der Waals surface area contributed by atoms with Crippen LogP contribution in [-0.4, -0.2) is 5.78 Å². The summed E-state index contributed by atoms with van der Waals surface area (Å²) in [7, 11) is 0. The van der Waals surface area contributed by atoms with E-state index in [9.17, 15) is 4.79 Å². The number of hydrogen-bond acceptors (Lipinski definition) is 1. The number of benzene rings is 1. The van der Waals surface area contributed by atoms with Gasteiger partial charge in [0.25, 0.3) is 0 Å². The Morgan fingerprint density at radius 3 is 2.35 bits per heavy atom. The standard InChI is InChI=1S/C16H20O/c1-11-4-6-14(7-5-11)16(17)15-9-12(2)8-13(3)10-15/h6,8-11H,4-5,7H2,1-3H3. The van der Waals surface area contributed by atoms with Gasteiger partial charge in [0.15, 0.2) is 5.78 Å². The fourth-order valence-corrected chi connectivity index (χ4v) is 2.46. The Labute approximate surface area is 104 Å². The number of hydrogen-bond donors (Lipinski definition) is 0. The second-order valence-corrected chi connectivity index (χ2v) is 5.31. The van der Waals surface area contributed by atoms with E-state index in [1.807, 2.05) is 26.0 Å². The van der Waals surface area contributed by atoms with Crippen LogP contribution in [-0.2, 0) is 0 Å². The third-order valence-electron chi connectivity index (χ3n) is 3.45. The first-order valence-electron chi connectivity index (χ1n) is 6.38. The molecule has 1 nitrogen and oxygen atoms in total. The zero-order valence-corrected chi connectivity index (χ0v) is 10.9. The minimum atomic E-state index is 0.226. The van der Waals surface area contributed by atoms with Gasteiger partial charge in [-0.2, -0.15) is 0 Å². The third-order valence-corrected chi connectivity index (χ3v) is 3.45. The Morgan fingerprint density at radius 2 is 1.82 bits per heavy atom. The van der Waals surface area contributed by atoms with Crippen LogP contribution < -0.4 is 0 Å². The molecule has 90 valence electrons. The lowest BCUT2D eigenvalue weighted by molar-refractivity contribution is 0.102. The molecule has 0 saturated heterocycles. The molecule has 0 amide bonds. The van der Waals surface area contributed by atoms with Gasteiger partial charge in [-0.1, -0.05) is 30.2 Å². The summed E-state index contributed by atoms with van der Waals surface area (Å²) in [5.41, 5.74) is 4.19. The van der Waals surface area contributed by atoms with Crippen LogP contribution in [0.15, 0.2) is 29.8 Å². The lowest BCUT2D eigenvalue weighted by atomic mass is 9.87. The maximum Gasteiger partial charge on any atom is 0.188 e. The number of aryl methyl sites for hydroxylation is 2. The van der Waals surface area contributed by atoms with Crippen LogP contribution in [0.4, 0.5) is 0 Å². The Balaban J connectivity index is 2.25. The molecule has 0 heterocycles. The summed E-state index contributed by atoms with van der Waals surface area (Å²) < 4.78 is 0. The minimum Gasteiger partial charge on any atom is -0.289 e. The number of rotatable bonds is 2.